The van der Waals surface area contributed by atoms with Crippen molar-refractivity contribution in [3.8, 4) is 11.3 Å². The van der Waals surface area contributed by atoms with Gasteiger partial charge in [0.05, 0.1) is 27.1 Å². The van der Waals surface area contributed by atoms with Gasteiger partial charge in [0, 0.05) is 24.4 Å². The fraction of sp³-hybridized carbons (Fsp3) is 0.0455. The SMILES string of the molecule is O=S(=O)(Nc1ccc(Cc2ncccc2-c2ccncn2)cc1F)c1cccc(Cl)c1Cl. The van der Waals surface area contributed by atoms with E-state index in [-0.39, 0.29) is 20.6 Å². The molecule has 10 heteroatoms. The van der Waals surface area contributed by atoms with Crippen LogP contribution in [0.1, 0.15) is 11.3 Å². The molecule has 0 saturated heterocycles. The second-order valence-electron chi connectivity index (χ2n) is 6.74. The zero-order valence-electron chi connectivity index (χ0n) is 16.3. The first-order valence-corrected chi connectivity index (χ1v) is 11.5. The van der Waals surface area contributed by atoms with Gasteiger partial charge in [0.25, 0.3) is 10.0 Å². The second-order valence-corrected chi connectivity index (χ2v) is 9.18. The van der Waals surface area contributed by atoms with Crippen molar-refractivity contribution in [3.63, 3.8) is 0 Å². The average molecular weight is 489 g/mol. The number of hydrogen-bond donors (Lipinski definition) is 1. The molecule has 0 aliphatic carbocycles. The summed E-state index contributed by atoms with van der Waals surface area (Å²) in [5.74, 6) is -0.733. The van der Waals surface area contributed by atoms with E-state index >= 15 is 0 Å². The Morgan fingerprint density at radius 1 is 0.969 bits per heavy atom. The van der Waals surface area contributed by atoms with Crippen molar-refractivity contribution in [2.24, 2.45) is 0 Å². The van der Waals surface area contributed by atoms with Gasteiger partial charge in [0.1, 0.15) is 17.0 Å². The first-order valence-electron chi connectivity index (χ1n) is 9.31. The summed E-state index contributed by atoms with van der Waals surface area (Å²) in [5.41, 5.74) is 2.61. The van der Waals surface area contributed by atoms with Crippen molar-refractivity contribution in [3.05, 3.63) is 100 Å². The van der Waals surface area contributed by atoms with Gasteiger partial charge in [-0.25, -0.2) is 22.8 Å². The standard InChI is InChI=1S/C22H15Cl2FN4O2S/c23-16-4-1-5-21(22(16)24)32(30,31)29-19-7-6-14(11-17(19)25)12-20-15(3-2-9-27-20)18-8-10-26-13-28-18/h1-11,13,29H,12H2. The molecule has 0 amide bonds. The lowest BCUT2D eigenvalue weighted by atomic mass is 10.0. The van der Waals surface area contributed by atoms with E-state index in [1.807, 2.05) is 6.07 Å². The molecule has 4 rings (SSSR count). The molecule has 0 unspecified atom stereocenters. The molecule has 2 aromatic carbocycles. The Balaban J connectivity index is 1.60. The van der Waals surface area contributed by atoms with Gasteiger partial charge in [-0.2, -0.15) is 0 Å². The number of rotatable bonds is 6. The van der Waals surface area contributed by atoms with Gasteiger partial charge in [0.15, 0.2) is 0 Å². The maximum absolute atomic E-state index is 14.8. The van der Waals surface area contributed by atoms with Crippen molar-refractivity contribution in [2.75, 3.05) is 4.72 Å². The first kappa shape index (κ1) is 22.1. The third kappa shape index (κ3) is 4.72. The quantitative estimate of drug-likeness (QED) is 0.393. The zero-order valence-corrected chi connectivity index (χ0v) is 18.7. The molecular weight excluding hydrogens is 474 g/mol. The molecule has 0 bridgehead atoms. The maximum Gasteiger partial charge on any atom is 0.263 e. The predicted molar refractivity (Wildman–Crippen MR) is 122 cm³/mol. The number of benzene rings is 2. The van der Waals surface area contributed by atoms with Crippen LogP contribution in [0, 0.1) is 5.82 Å². The van der Waals surface area contributed by atoms with E-state index < -0.39 is 15.8 Å². The van der Waals surface area contributed by atoms with Crippen LogP contribution in [0.25, 0.3) is 11.3 Å². The minimum absolute atomic E-state index is 0.0835. The summed E-state index contributed by atoms with van der Waals surface area (Å²) in [4.78, 5) is 12.3. The molecule has 0 aliphatic heterocycles. The summed E-state index contributed by atoms with van der Waals surface area (Å²) in [5, 5.41) is -0.0497. The van der Waals surface area contributed by atoms with Crippen molar-refractivity contribution in [1.29, 1.82) is 0 Å². The molecule has 2 aromatic heterocycles. The van der Waals surface area contributed by atoms with Crippen molar-refractivity contribution < 1.29 is 12.8 Å². The number of nitrogens with zero attached hydrogens (tertiary/aromatic N) is 3. The van der Waals surface area contributed by atoms with Crippen LogP contribution in [0.2, 0.25) is 10.0 Å². The molecule has 6 nitrogen and oxygen atoms in total. The maximum atomic E-state index is 14.8. The third-order valence-corrected chi connectivity index (χ3v) is 6.94. The van der Waals surface area contributed by atoms with Crippen LogP contribution in [0.15, 0.2) is 78.2 Å². The molecule has 162 valence electrons. The number of sulfonamides is 1. The Morgan fingerprint density at radius 3 is 2.56 bits per heavy atom. The normalized spacial score (nSPS) is 11.3. The minimum atomic E-state index is -4.14. The number of aromatic nitrogens is 3. The molecular formula is C22H15Cl2FN4O2S. The Morgan fingerprint density at radius 2 is 1.81 bits per heavy atom. The molecule has 0 aliphatic rings. The van der Waals surface area contributed by atoms with E-state index in [1.54, 1.807) is 30.6 Å². The largest absolute Gasteiger partial charge is 0.277 e. The summed E-state index contributed by atoms with van der Waals surface area (Å²) >= 11 is 11.9. The highest BCUT2D eigenvalue weighted by Crippen LogP contribution is 2.31. The van der Waals surface area contributed by atoms with Crippen LogP contribution < -0.4 is 4.72 Å². The predicted octanol–water partition coefficient (Wildman–Crippen LogP) is 5.38. The van der Waals surface area contributed by atoms with E-state index in [9.17, 15) is 12.8 Å². The number of nitrogens with one attached hydrogen (secondary N) is 1. The number of anilines is 1. The highest BCUT2D eigenvalue weighted by Gasteiger charge is 2.21. The molecule has 4 aromatic rings. The highest BCUT2D eigenvalue weighted by atomic mass is 35.5. The van der Waals surface area contributed by atoms with Gasteiger partial charge in [-0.05, 0) is 48.0 Å². The molecule has 32 heavy (non-hydrogen) atoms. The lowest BCUT2D eigenvalue weighted by Gasteiger charge is -2.12. The molecule has 1 N–H and O–H groups in total. The fourth-order valence-corrected chi connectivity index (χ4v) is 4.93. The molecule has 0 spiro atoms. The van der Waals surface area contributed by atoms with Gasteiger partial charge in [-0.3, -0.25) is 9.71 Å². The van der Waals surface area contributed by atoms with Gasteiger partial charge in [-0.15, -0.1) is 0 Å². The second kappa shape index (κ2) is 9.20. The molecule has 0 saturated carbocycles. The van der Waals surface area contributed by atoms with Crippen LogP contribution in [-0.2, 0) is 16.4 Å². The van der Waals surface area contributed by atoms with Crippen molar-refractivity contribution >= 4 is 38.9 Å². The van der Waals surface area contributed by atoms with E-state index in [4.69, 9.17) is 23.2 Å². The highest BCUT2D eigenvalue weighted by molar-refractivity contribution is 7.92. The summed E-state index contributed by atoms with van der Waals surface area (Å²) in [6, 6.07) is 13.9. The Hall–Kier alpha value is -3.07. The molecule has 0 atom stereocenters. The van der Waals surface area contributed by atoms with E-state index in [0.717, 1.165) is 5.56 Å². The third-order valence-electron chi connectivity index (χ3n) is 4.60. The number of hydrogen-bond acceptors (Lipinski definition) is 5. The lowest BCUT2D eigenvalue weighted by molar-refractivity contribution is 0.598. The van der Waals surface area contributed by atoms with E-state index in [2.05, 4.69) is 19.7 Å². The Labute approximate surface area is 194 Å². The molecule has 0 radical (unpaired) electrons. The molecule has 0 fully saturated rings. The van der Waals surface area contributed by atoms with Gasteiger partial charge >= 0.3 is 0 Å². The van der Waals surface area contributed by atoms with E-state index in [1.165, 1.54) is 36.7 Å². The van der Waals surface area contributed by atoms with Crippen LogP contribution in [0.4, 0.5) is 10.1 Å². The number of halogens is 3. The van der Waals surface area contributed by atoms with Crippen LogP contribution in [0.3, 0.4) is 0 Å². The summed E-state index contributed by atoms with van der Waals surface area (Å²) < 4.78 is 42.3. The fourth-order valence-electron chi connectivity index (χ4n) is 3.10. The smallest absolute Gasteiger partial charge is 0.263 e. The van der Waals surface area contributed by atoms with Gasteiger partial charge in [-0.1, -0.05) is 35.3 Å². The average Bonchev–Trinajstić information content (AvgIpc) is 2.78. The van der Waals surface area contributed by atoms with Crippen molar-refractivity contribution in [1.82, 2.24) is 15.0 Å². The number of pyridine rings is 1. The van der Waals surface area contributed by atoms with Crippen molar-refractivity contribution in [2.45, 2.75) is 11.3 Å². The van der Waals surface area contributed by atoms with Crippen LogP contribution in [0.5, 0.6) is 0 Å². The van der Waals surface area contributed by atoms with Gasteiger partial charge in [0.2, 0.25) is 0 Å². The Bertz CT molecular complexity index is 1390. The minimum Gasteiger partial charge on any atom is -0.277 e. The molecule has 2 heterocycles. The summed E-state index contributed by atoms with van der Waals surface area (Å²) in [6.07, 6.45) is 5.04. The topological polar surface area (TPSA) is 84.8 Å². The zero-order chi connectivity index (χ0) is 22.7. The van der Waals surface area contributed by atoms with Crippen LogP contribution in [-0.4, -0.2) is 23.4 Å². The lowest BCUT2D eigenvalue weighted by Crippen LogP contribution is -2.14. The summed E-state index contributed by atoms with van der Waals surface area (Å²) in [6.45, 7) is 0. The Kier molecular flexibility index (Phi) is 6.36. The summed E-state index contributed by atoms with van der Waals surface area (Å²) in [7, 11) is -4.14. The van der Waals surface area contributed by atoms with Crippen LogP contribution >= 0.6 is 23.2 Å². The monoisotopic (exact) mass is 488 g/mol. The first-order chi connectivity index (χ1) is 15.3. The van der Waals surface area contributed by atoms with Gasteiger partial charge < -0.3 is 0 Å². The van der Waals surface area contributed by atoms with E-state index in [0.29, 0.717) is 23.4 Å².